The molecule has 0 fully saturated rings. The number of rotatable bonds is 12. The monoisotopic (exact) mass is 625 g/mol. The van der Waals surface area contributed by atoms with E-state index in [-0.39, 0.29) is 30.7 Å². The third kappa shape index (κ3) is 7.24. The Hall–Kier alpha value is -4.62. The van der Waals surface area contributed by atoms with Gasteiger partial charge in [-0.2, -0.15) is 0 Å². The molecule has 2 aromatic carbocycles. The first-order valence-electron chi connectivity index (χ1n) is 13.4. The molecule has 3 heterocycles. The highest BCUT2D eigenvalue weighted by atomic mass is 35.5. The van der Waals surface area contributed by atoms with Crippen molar-refractivity contribution in [2.45, 2.75) is 19.4 Å². The number of methoxy groups -OCH3 is 1. The fourth-order valence-corrected chi connectivity index (χ4v) is 4.92. The van der Waals surface area contributed by atoms with E-state index >= 15 is 0 Å². The van der Waals surface area contributed by atoms with Gasteiger partial charge in [-0.15, -0.1) is 12.4 Å². The first-order chi connectivity index (χ1) is 20.3. The van der Waals surface area contributed by atoms with Crippen LogP contribution in [0.15, 0.2) is 49.1 Å². The lowest BCUT2D eigenvalue weighted by Gasteiger charge is -2.23. The largest absolute Gasteiger partial charge is 0.497 e. The summed E-state index contributed by atoms with van der Waals surface area (Å²) in [6.07, 6.45) is 3.89. The van der Waals surface area contributed by atoms with Crippen LogP contribution in [0, 0.1) is 5.41 Å². The molecule has 0 unspecified atom stereocenters. The highest BCUT2D eigenvalue weighted by Gasteiger charge is 2.13. The molecule has 43 heavy (non-hydrogen) atoms. The lowest BCUT2D eigenvalue weighted by atomic mass is 10.1. The van der Waals surface area contributed by atoms with Crippen LogP contribution in [-0.2, 0) is 11.3 Å². The summed E-state index contributed by atoms with van der Waals surface area (Å²) in [4.78, 5) is 31.3. The lowest BCUT2D eigenvalue weighted by Crippen LogP contribution is -2.40. The molecule has 0 radical (unpaired) electrons. The molecule has 1 amide bonds. The summed E-state index contributed by atoms with van der Waals surface area (Å²) in [6, 6.07) is 11.4. The number of nitrogens with one attached hydrogen (secondary N) is 3. The van der Waals surface area contributed by atoms with Gasteiger partial charge in [-0.1, -0.05) is 11.6 Å². The molecule has 3 aromatic heterocycles. The third-order valence-corrected chi connectivity index (χ3v) is 7.14. The minimum absolute atomic E-state index is 0. The van der Waals surface area contributed by atoms with Crippen molar-refractivity contribution in [2.24, 2.45) is 5.73 Å². The maximum Gasteiger partial charge on any atom is 0.221 e. The quantitative estimate of drug-likeness (QED) is 0.0595. The summed E-state index contributed by atoms with van der Waals surface area (Å²) in [5.74, 6) is 0.832. The van der Waals surface area contributed by atoms with E-state index < -0.39 is 0 Å². The normalized spacial score (nSPS) is 10.9. The van der Waals surface area contributed by atoms with Crippen molar-refractivity contribution >= 4 is 80.3 Å². The van der Waals surface area contributed by atoms with Crippen LogP contribution >= 0.6 is 24.0 Å². The average Bonchev–Trinajstić information content (AvgIpc) is 3.39. The van der Waals surface area contributed by atoms with Crippen LogP contribution in [0.3, 0.4) is 0 Å². The Morgan fingerprint density at radius 3 is 2.72 bits per heavy atom. The molecule has 0 spiro atoms. The predicted octanol–water partition coefficient (Wildman–Crippen LogP) is 3.40. The first-order valence-corrected chi connectivity index (χ1v) is 13.8. The van der Waals surface area contributed by atoms with Gasteiger partial charge in [0.2, 0.25) is 5.91 Å². The van der Waals surface area contributed by atoms with Crippen molar-refractivity contribution in [3.05, 3.63) is 54.1 Å². The van der Waals surface area contributed by atoms with Crippen LogP contribution in [-0.4, -0.2) is 74.6 Å². The molecule has 5 rings (SSSR count). The molecule has 226 valence electrons. The highest BCUT2D eigenvalue weighted by molar-refractivity contribution is 6.31. The number of hydrogen-bond donors (Lipinski definition) is 5. The lowest BCUT2D eigenvalue weighted by molar-refractivity contribution is -0.121. The van der Waals surface area contributed by atoms with Crippen LogP contribution in [0.4, 0.5) is 11.5 Å². The van der Waals surface area contributed by atoms with E-state index in [0.29, 0.717) is 61.1 Å². The maximum absolute atomic E-state index is 12.5. The minimum atomic E-state index is -0.139. The molecule has 5 aromatic rings. The number of amides is 1. The van der Waals surface area contributed by atoms with Gasteiger partial charge >= 0.3 is 0 Å². The van der Waals surface area contributed by atoms with Crippen molar-refractivity contribution in [1.82, 2.24) is 34.7 Å². The number of hydrogen-bond acceptors (Lipinski definition) is 9. The first kappa shape index (κ1) is 31.3. The zero-order chi connectivity index (χ0) is 29.6. The van der Waals surface area contributed by atoms with Gasteiger partial charge in [0, 0.05) is 54.9 Å². The third-order valence-electron chi connectivity index (χ3n) is 6.90. The van der Waals surface area contributed by atoms with E-state index in [1.54, 1.807) is 18.3 Å². The number of halogens is 2. The molecule has 0 saturated heterocycles. The van der Waals surface area contributed by atoms with Crippen LogP contribution in [0.1, 0.15) is 12.8 Å². The summed E-state index contributed by atoms with van der Waals surface area (Å²) < 4.78 is 7.24. The van der Waals surface area contributed by atoms with Gasteiger partial charge in [-0.3, -0.25) is 10.2 Å². The molecular formula is C28H33Cl2N11O2. The SMILES string of the molecule is COc1ccc2nc3cc(Cl)ccc3c(NCCCN(CCC(=O)NCCn3cnc4c(N)ncnc43)C(=N)N)c2c1.Cl. The zero-order valence-electron chi connectivity index (χ0n) is 23.5. The van der Waals surface area contributed by atoms with Crippen molar-refractivity contribution in [3.8, 4) is 5.75 Å². The Balaban J connectivity index is 0.00000423. The van der Waals surface area contributed by atoms with E-state index in [4.69, 9.17) is 38.2 Å². The van der Waals surface area contributed by atoms with Crippen LogP contribution in [0.5, 0.6) is 5.75 Å². The zero-order valence-corrected chi connectivity index (χ0v) is 25.1. The smallest absolute Gasteiger partial charge is 0.221 e. The van der Waals surface area contributed by atoms with Crippen molar-refractivity contribution in [1.29, 1.82) is 5.41 Å². The maximum atomic E-state index is 12.5. The molecule has 13 nitrogen and oxygen atoms in total. The summed E-state index contributed by atoms with van der Waals surface area (Å²) in [7, 11) is 1.63. The Bertz CT molecular complexity index is 1760. The number of imidazole rings is 1. The number of nitrogens with zero attached hydrogens (tertiary/aromatic N) is 6. The molecule has 0 aliphatic heterocycles. The number of nitrogen functional groups attached to an aromatic ring is 1. The number of pyridine rings is 1. The van der Waals surface area contributed by atoms with Crippen molar-refractivity contribution in [2.75, 3.05) is 44.3 Å². The Kier molecular flexibility index (Phi) is 10.2. The van der Waals surface area contributed by atoms with E-state index in [2.05, 4.69) is 25.6 Å². The highest BCUT2D eigenvalue weighted by Crippen LogP contribution is 2.34. The van der Waals surface area contributed by atoms with Gasteiger partial charge in [0.25, 0.3) is 0 Å². The number of fused-ring (bicyclic) bond motifs is 3. The van der Waals surface area contributed by atoms with E-state index in [1.807, 2.05) is 41.0 Å². The Morgan fingerprint density at radius 1 is 1.09 bits per heavy atom. The van der Waals surface area contributed by atoms with Crippen LogP contribution < -0.4 is 26.8 Å². The summed E-state index contributed by atoms with van der Waals surface area (Å²) in [6.45, 7) is 2.32. The van der Waals surface area contributed by atoms with E-state index in [9.17, 15) is 4.79 Å². The number of carbonyl (C=O) groups is 1. The number of ether oxygens (including phenoxy) is 1. The van der Waals surface area contributed by atoms with Crippen molar-refractivity contribution < 1.29 is 9.53 Å². The van der Waals surface area contributed by atoms with Gasteiger partial charge in [0.15, 0.2) is 17.4 Å². The summed E-state index contributed by atoms with van der Waals surface area (Å²) in [5, 5.41) is 16.9. The molecule has 0 bridgehead atoms. The Morgan fingerprint density at radius 2 is 1.93 bits per heavy atom. The van der Waals surface area contributed by atoms with Gasteiger partial charge < -0.3 is 36.3 Å². The van der Waals surface area contributed by atoms with Gasteiger partial charge in [-0.05, 0) is 42.8 Å². The molecule has 7 N–H and O–H groups in total. The van der Waals surface area contributed by atoms with Crippen LogP contribution in [0.25, 0.3) is 33.0 Å². The molecule has 0 aliphatic carbocycles. The molecule has 0 atom stereocenters. The van der Waals surface area contributed by atoms with E-state index in [1.165, 1.54) is 6.33 Å². The standard InChI is InChI=1S/C28H32ClN11O2.ClH/c1-42-18-4-6-21-20(14-18)24(19-5-3-17(29)13-22(19)38-21)34-8-2-10-39(28(31)32)11-7-23(41)33-9-12-40-16-37-25-26(30)35-15-36-27(25)40;/h3-6,13-16H,2,7-12H2,1H3,(H3,31,32)(H,33,41)(H,34,38)(H2,30,35,36);1H. The van der Waals surface area contributed by atoms with Crippen LogP contribution in [0.2, 0.25) is 5.02 Å². The fourth-order valence-electron chi connectivity index (χ4n) is 4.75. The number of carbonyl (C=O) groups excluding carboxylic acids is 1. The number of nitrogens with two attached hydrogens (primary N) is 2. The summed E-state index contributed by atoms with van der Waals surface area (Å²) in [5.41, 5.74) is 15.3. The molecule has 0 saturated carbocycles. The second-order valence-electron chi connectivity index (χ2n) is 9.65. The second-order valence-corrected chi connectivity index (χ2v) is 10.1. The molecule has 0 aliphatic rings. The molecular weight excluding hydrogens is 593 g/mol. The number of benzene rings is 2. The minimum Gasteiger partial charge on any atom is -0.497 e. The van der Waals surface area contributed by atoms with Gasteiger partial charge in [-0.25, -0.2) is 19.9 Å². The Labute approximate surface area is 258 Å². The number of aromatic nitrogens is 5. The topological polar surface area (TPSA) is 186 Å². The predicted molar refractivity (Wildman–Crippen MR) is 172 cm³/mol. The van der Waals surface area contributed by atoms with Gasteiger partial charge in [0.1, 0.15) is 17.6 Å². The van der Waals surface area contributed by atoms with E-state index in [0.717, 1.165) is 33.2 Å². The number of anilines is 2. The van der Waals surface area contributed by atoms with Gasteiger partial charge in [0.05, 0.1) is 30.2 Å². The average molecular weight is 627 g/mol. The number of guanidine groups is 1. The molecule has 15 heteroatoms. The second kappa shape index (κ2) is 14.0. The summed E-state index contributed by atoms with van der Waals surface area (Å²) >= 11 is 6.23. The fraction of sp³-hybridized carbons (Fsp3) is 0.286. The van der Waals surface area contributed by atoms with Crippen molar-refractivity contribution in [3.63, 3.8) is 0 Å².